The summed E-state index contributed by atoms with van der Waals surface area (Å²) >= 11 is 0. The summed E-state index contributed by atoms with van der Waals surface area (Å²) in [5.41, 5.74) is 1.45. The first-order valence-corrected chi connectivity index (χ1v) is 7.34. The molecule has 1 radical (unpaired) electrons. The van der Waals surface area contributed by atoms with Gasteiger partial charge in [-0.05, 0) is 31.2 Å². The van der Waals surface area contributed by atoms with E-state index in [0.29, 0.717) is 0 Å². The molecule has 0 spiro atoms. The van der Waals surface area contributed by atoms with Crippen LogP contribution in [0.2, 0.25) is 0 Å². The quantitative estimate of drug-likeness (QED) is 0.510. The van der Waals surface area contributed by atoms with Crippen LogP contribution in [0, 0.1) is 6.92 Å². The van der Waals surface area contributed by atoms with Gasteiger partial charge in [0.25, 0.3) is 0 Å². The van der Waals surface area contributed by atoms with Gasteiger partial charge in [-0.2, -0.15) is 0 Å². The van der Waals surface area contributed by atoms with E-state index in [1.54, 1.807) is 0 Å². The van der Waals surface area contributed by atoms with Crippen LogP contribution in [0.25, 0.3) is 0 Å². The molecule has 0 atom stereocenters. The number of aryl methyl sites for hydroxylation is 1. The number of hydrogen-bond acceptors (Lipinski definition) is 1. The van der Waals surface area contributed by atoms with Crippen molar-refractivity contribution < 1.29 is 4.74 Å². The van der Waals surface area contributed by atoms with Crippen molar-refractivity contribution in [3.63, 3.8) is 0 Å². The van der Waals surface area contributed by atoms with Crippen LogP contribution < -0.4 is 0 Å². The second kappa shape index (κ2) is 11.3. The predicted octanol–water partition coefficient (Wildman–Crippen LogP) is 4.81. The molecule has 0 aromatic heterocycles. The van der Waals surface area contributed by atoms with Gasteiger partial charge in [-0.1, -0.05) is 62.9 Å². The van der Waals surface area contributed by atoms with Gasteiger partial charge in [0.1, 0.15) is 0 Å². The van der Waals surface area contributed by atoms with Crippen LogP contribution in [-0.2, 0) is 11.2 Å². The van der Waals surface area contributed by atoms with Crippen LogP contribution in [0.3, 0.4) is 0 Å². The summed E-state index contributed by atoms with van der Waals surface area (Å²) in [7, 11) is 0. The van der Waals surface area contributed by atoms with Crippen molar-refractivity contribution in [3.8, 4) is 0 Å². The number of hydrogen-bond donors (Lipinski definition) is 0. The Hall–Kier alpha value is -0.820. The molecule has 1 rings (SSSR count). The van der Waals surface area contributed by atoms with Crippen LogP contribution in [0.5, 0.6) is 0 Å². The zero-order chi connectivity index (χ0) is 12.9. The highest BCUT2D eigenvalue weighted by Crippen LogP contribution is 2.06. The fourth-order valence-electron chi connectivity index (χ4n) is 2.01. The molecule has 0 amide bonds. The molecule has 0 aliphatic carbocycles. The van der Waals surface area contributed by atoms with Gasteiger partial charge in [0.15, 0.2) is 0 Å². The Morgan fingerprint density at radius 3 is 2.11 bits per heavy atom. The highest BCUT2D eigenvalue weighted by Gasteiger charge is 1.93. The molecule has 1 nitrogen and oxygen atoms in total. The second-order valence-corrected chi connectivity index (χ2v) is 4.82. The third-order valence-electron chi connectivity index (χ3n) is 3.14. The molecule has 0 unspecified atom stereocenters. The summed E-state index contributed by atoms with van der Waals surface area (Å²) < 4.78 is 5.61. The van der Waals surface area contributed by atoms with Crippen molar-refractivity contribution >= 4 is 0 Å². The Morgan fingerprint density at radius 2 is 1.44 bits per heavy atom. The lowest BCUT2D eigenvalue weighted by molar-refractivity contribution is 0.126. The average molecular weight is 247 g/mol. The number of unbranched alkanes of at least 4 members (excludes halogenated alkanes) is 5. The SMILES string of the molecule is [CH2]CCCCCOCCCCCc1ccccc1. The largest absolute Gasteiger partial charge is 0.381 e. The minimum absolute atomic E-state index is 0.929. The fraction of sp³-hybridized carbons (Fsp3) is 0.588. The minimum atomic E-state index is 0.929. The van der Waals surface area contributed by atoms with Gasteiger partial charge >= 0.3 is 0 Å². The van der Waals surface area contributed by atoms with E-state index >= 15 is 0 Å². The van der Waals surface area contributed by atoms with Crippen molar-refractivity contribution in [1.82, 2.24) is 0 Å². The van der Waals surface area contributed by atoms with Gasteiger partial charge in [-0.15, -0.1) is 0 Å². The maximum atomic E-state index is 5.61. The number of benzene rings is 1. The lowest BCUT2D eigenvalue weighted by Gasteiger charge is -2.04. The second-order valence-electron chi connectivity index (χ2n) is 4.82. The topological polar surface area (TPSA) is 9.23 Å². The van der Waals surface area contributed by atoms with Crippen LogP contribution in [0.15, 0.2) is 30.3 Å². The zero-order valence-electron chi connectivity index (χ0n) is 11.6. The Kier molecular flexibility index (Phi) is 9.55. The minimum Gasteiger partial charge on any atom is -0.381 e. The molecule has 1 heteroatoms. The third kappa shape index (κ3) is 8.30. The van der Waals surface area contributed by atoms with Gasteiger partial charge in [0, 0.05) is 13.2 Å². The number of ether oxygens (including phenoxy) is 1. The van der Waals surface area contributed by atoms with E-state index in [1.807, 2.05) is 0 Å². The van der Waals surface area contributed by atoms with Crippen LogP contribution in [0.1, 0.15) is 50.5 Å². The molecule has 0 N–H and O–H groups in total. The lowest BCUT2D eigenvalue weighted by Crippen LogP contribution is -1.97. The summed E-state index contributed by atoms with van der Waals surface area (Å²) in [5.74, 6) is 0. The van der Waals surface area contributed by atoms with E-state index in [4.69, 9.17) is 4.74 Å². The molecule has 0 bridgehead atoms. The molecular weight excluding hydrogens is 220 g/mol. The Bertz CT molecular complexity index is 268. The van der Waals surface area contributed by atoms with Crippen LogP contribution in [0.4, 0.5) is 0 Å². The van der Waals surface area contributed by atoms with Gasteiger partial charge in [0.2, 0.25) is 0 Å². The molecule has 1 aromatic rings. The Morgan fingerprint density at radius 1 is 0.778 bits per heavy atom. The van der Waals surface area contributed by atoms with Crippen molar-refractivity contribution in [2.24, 2.45) is 0 Å². The first-order valence-electron chi connectivity index (χ1n) is 7.34. The van der Waals surface area contributed by atoms with Crippen molar-refractivity contribution in [1.29, 1.82) is 0 Å². The molecule has 0 fully saturated rings. The summed E-state index contributed by atoms with van der Waals surface area (Å²) in [6, 6.07) is 10.7. The Balaban J connectivity index is 1.82. The molecule has 0 aliphatic heterocycles. The predicted molar refractivity (Wildman–Crippen MR) is 78.6 cm³/mol. The third-order valence-corrected chi connectivity index (χ3v) is 3.14. The first-order chi connectivity index (χ1) is 8.93. The van der Waals surface area contributed by atoms with E-state index in [2.05, 4.69) is 37.3 Å². The van der Waals surface area contributed by atoms with Crippen LogP contribution in [-0.4, -0.2) is 13.2 Å². The van der Waals surface area contributed by atoms with E-state index in [-0.39, 0.29) is 0 Å². The maximum absolute atomic E-state index is 5.61. The smallest absolute Gasteiger partial charge is 0.0466 e. The Labute approximate surface area is 113 Å². The summed E-state index contributed by atoms with van der Waals surface area (Å²) in [6.07, 6.45) is 9.69. The molecule has 0 saturated carbocycles. The van der Waals surface area contributed by atoms with E-state index in [1.165, 1.54) is 50.5 Å². The molecule has 101 valence electrons. The molecule has 0 heterocycles. The highest BCUT2D eigenvalue weighted by atomic mass is 16.5. The lowest BCUT2D eigenvalue weighted by atomic mass is 10.1. The van der Waals surface area contributed by atoms with E-state index in [0.717, 1.165) is 19.6 Å². The summed E-state index contributed by atoms with van der Waals surface area (Å²) in [4.78, 5) is 0. The maximum Gasteiger partial charge on any atom is 0.0466 e. The standard InChI is InChI=1S/C17H27O/c1-2-3-4-10-15-18-16-11-6-9-14-17-12-7-5-8-13-17/h5,7-8,12-13H,1-4,6,9-11,14-16H2. The fourth-order valence-corrected chi connectivity index (χ4v) is 2.01. The number of rotatable bonds is 11. The van der Waals surface area contributed by atoms with Crippen molar-refractivity contribution in [2.75, 3.05) is 13.2 Å². The summed E-state index contributed by atoms with van der Waals surface area (Å²) in [5, 5.41) is 0. The monoisotopic (exact) mass is 247 g/mol. The van der Waals surface area contributed by atoms with Crippen LogP contribution >= 0.6 is 0 Å². The first kappa shape index (κ1) is 15.2. The molecule has 0 aliphatic rings. The summed E-state index contributed by atoms with van der Waals surface area (Å²) in [6.45, 7) is 5.70. The van der Waals surface area contributed by atoms with Crippen molar-refractivity contribution in [2.45, 2.75) is 51.4 Å². The average Bonchev–Trinajstić information content (AvgIpc) is 2.42. The van der Waals surface area contributed by atoms with Gasteiger partial charge in [-0.25, -0.2) is 0 Å². The molecule has 0 saturated heterocycles. The molecular formula is C17H27O. The van der Waals surface area contributed by atoms with E-state index in [9.17, 15) is 0 Å². The zero-order valence-corrected chi connectivity index (χ0v) is 11.6. The van der Waals surface area contributed by atoms with Crippen molar-refractivity contribution in [3.05, 3.63) is 42.8 Å². The molecule has 1 aromatic carbocycles. The van der Waals surface area contributed by atoms with E-state index < -0.39 is 0 Å². The van der Waals surface area contributed by atoms with Gasteiger partial charge < -0.3 is 4.74 Å². The normalized spacial score (nSPS) is 10.7. The van der Waals surface area contributed by atoms with Gasteiger partial charge in [-0.3, -0.25) is 0 Å². The van der Waals surface area contributed by atoms with Gasteiger partial charge in [0.05, 0.1) is 0 Å². The highest BCUT2D eigenvalue weighted by molar-refractivity contribution is 5.14. The molecule has 18 heavy (non-hydrogen) atoms.